The van der Waals surface area contributed by atoms with Gasteiger partial charge in [0.25, 0.3) is 0 Å². The van der Waals surface area contributed by atoms with Crippen LogP contribution in [0.1, 0.15) is 30.9 Å². The van der Waals surface area contributed by atoms with Crippen molar-refractivity contribution in [3.8, 4) is 0 Å². The van der Waals surface area contributed by atoms with Gasteiger partial charge in [-0.15, -0.1) is 24.8 Å². The Hall–Kier alpha value is -0.480. The molecule has 2 rings (SSSR count). The van der Waals surface area contributed by atoms with E-state index in [1.807, 2.05) is 0 Å². The summed E-state index contributed by atoms with van der Waals surface area (Å²) in [6, 6.07) is 6.82. The van der Waals surface area contributed by atoms with Crippen molar-refractivity contribution in [1.82, 2.24) is 5.32 Å². The van der Waals surface area contributed by atoms with E-state index in [0.717, 1.165) is 19.5 Å². The van der Waals surface area contributed by atoms with Crippen LogP contribution < -0.4 is 10.6 Å². The normalized spacial score (nSPS) is 14.4. The Morgan fingerprint density at radius 3 is 2.84 bits per heavy atom. The molecule has 110 valence electrons. The molecule has 3 nitrogen and oxygen atoms in total. The number of benzene rings is 1. The molecule has 0 spiro atoms. The number of halogens is 2. The number of anilines is 1. The molecule has 1 aromatic carbocycles. The van der Waals surface area contributed by atoms with Crippen LogP contribution in [0.25, 0.3) is 0 Å². The van der Waals surface area contributed by atoms with Crippen molar-refractivity contribution in [2.75, 3.05) is 18.5 Å². The van der Waals surface area contributed by atoms with Crippen LogP contribution in [-0.2, 0) is 13.0 Å². The van der Waals surface area contributed by atoms with Gasteiger partial charge in [-0.3, -0.25) is 0 Å². The molecular formula is C14H24Cl2N2O. The molecule has 5 heteroatoms. The van der Waals surface area contributed by atoms with Gasteiger partial charge in [-0.2, -0.15) is 0 Å². The number of aliphatic hydroxyl groups is 1. The SMILES string of the molecule is CCC(CO)NCc1ccc2c(c1)CCCN2.Cl.Cl. The fourth-order valence-electron chi connectivity index (χ4n) is 2.24. The number of hydrogen-bond donors (Lipinski definition) is 3. The Morgan fingerprint density at radius 2 is 2.16 bits per heavy atom. The number of nitrogens with one attached hydrogen (secondary N) is 2. The first-order valence-electron chi connectivity index (χ1n) is 6.53. The zero-order valence-corrected chi connectivity index (χ0v) is 12.9. The van der Waals surface area contributed by atoms with Crippen LogP contribution in [0.3, 0.4) is 0 Å². The van der Waals surface area contributed by atoms with E-state index < -0.39 is 0 Å². The molecule has 1 unspecified atom stereocenters. The predicted molar refractivity (Wildman–Crippen MR) is 85.8 cm³/mol. The lowest BCUT2D eigenvalue weighted by Gasteiger charge is -2.19. The lowest BCUT2D eigenvalue weighted by molar-refractivity contribution is 0.238. The zero-order chi connectivity index (χ0) is 12.1. The van der Waals surface area contributed by atoms with Crippen LogP contribution in [-0.4, -0.2) is 24.3 Å². The van der Waals surface area contributed by atoms with Crippen LogP contribution in [0.2, 0.25) is 0 Å². The summed E-state index contributed by atoms with van der Waals surface area (Å²) >= 11 is 0. The van der Waals surface area contributed by atoms with Crippen LogP contribution >= 0.6 is 24.8 Å². The van der Waals surface area contributed by atoms with E-state index in [4.69, 9.17) is 5.11 Å². The van der Waals surface area contributed by atoms with E-state index in [2.05, 4.69) is 35.8 Å². The van der Waals surface area contributed by atoms with Crippen molar-refractivity contribution in [1.29, 1.82) is 0 Å². The van der Waals surface area contributed by atoms with Gasteiger partial charge in [-0.05, 0) is 36.5 Å². The van der Waals surface area contributed by atoms with Crippen molar-refractivity contribution < 1.29 is 5.11 Å². The van der Waals surface area contributed by atoms with Gasteiger partial charge in [0.05, 0.1) is 6.61 Å². The summed E-state index contributed by atoms with van der Waals surface area (Å²) in [7, 11) is 0. The van der Waals surface area contributed by atoms with Gasteiger partial charge in [-0.1, -0.05) is 19.1 Å². The molecule has 3 N–H and O–H groups in total. The van der Waals surface area contributed by atoms with Crippen molar-refractivity contribution >= 4 is 30.5 Å². The van der Waals surface area contributed by atoms with Crippen LogP contribution in [0.4, 0.5) is 5.69 Å². The van der Waals surface area contributed by atoms with Crippen molar-refractivity contribution in [2.45, 2.75) is 38.8 Å². The lowest BCUT2D eigenvalue weighted by Crippen LogP contribution is -2.31. The minimum Gasteiger partial charge on any atom is -0.395 e. The third kappa shape index (κ3) is 5.19. The number of hydrogen-bond acceptors (Lipinski definition) is 3. The maximum atomic E-state index is 9.12. The second-order valence-corrected chi connectivity index (χ2v) is 4.69. The van der Waals surface area contributed by atoms with Gasteiger partial charge >= 0.3 is 0 Å². The minimum absolute atomic E-state index is 0. The first-order chi connectivity index (χ1) is 8.33. The fourth-order valence-corrected chi connectivity index (χ4v) is 2.24. The quantitative estimate of drug-likeness (QED) is 0.784. The molecule has 0 fully saturated rings. The molecule has 1 aliphatic rings. The first kappa shape index (κ1) is 18.5. The fraction of sp³-hybridized carbons (Fsp3) is 0.571. The Balaban J connectivity index is 0.00000162. The molecule has 0 aromatic heterocycles. The lowest BCUT2D eigenvalue weighted by atomic mass is 10.0. The Kier molecular flexibility index (Phi) is 9.19. The van der Waals surface area contributed by atoms with E-state index in [9.17, 15) is 0 Å². The maximum Gasteiger partial charge on any atom is 0.0584 e. The molecule has 0 bridgehead atoms. The summed E-state index contributed by atoms with van der Waals surface area (Å²) in [6.45, 7) is 4.23. The molecular weight excluding hydrogens is 283 g/mol. The number of rotatable bonds is 5. The number of fused-ring (bicyclic) bond motifs is 1. The highest BCUT2D eigenvalue weighted by molar-refractivity contribution is 5.85. The topological polar surface area (TPSA) is 44.3 Å². The van der Waals surface area contributed by atoms with E-state index >= 15 is 0 Å². The molecule has 0 aliphatic carbocycles. The average Bonchev–Trinajstić information content (AvgIpc) is 2.40. The van der Waals surface area contributed by atoms with E-state index in [0.29, 0.717) is 0 Å². The molecule has 0 radical (unpaired) electrons. The molecule has 0 saturated heterocycles. The minimum atomic E-state index is 0. The van der Waals surface area contributed by atoms with E-state index in [1.165, 1.54) is 29.7 Å². The average molecular weight is 307 g/mol. The number of aryl methyl sites for hydroxylation is 1. The van der Waals surface area contributed by atoms with Crippen LogP contribution in [0, 0.1) is 0 Å². The van der Waals surface area contributed by atoms with Crippen LogP contribution in [0.15, 0.2) is 18.2 Å². The van der Waals surface area contributed by atoms with Gasteiger partial charge in [0.15, 0.2) is 0 Å². The smallest absolute Gasteiger partial charge is 0.0584 e. The summed E-state index contributed by atoms with van der Waals surface area (Å²) < 4.78 is 0. The van der Waals surface area contributed by atoms with Gasteiger partial charge in [0.1, 0.15) is 0 Å². The van der Waals surface area contributed by atoms with Crippen LogP contribution in [0.5, 0.6) is 0 Å². The molecule has 19 heavy (non-hydrogen) atoms. The highest BCUT2D eigenvalue weighted by Gasteiger charge is 2.09. The van der Waals surface area contributed by atoms with Gasteiger partial charge in [0.2, 0.25) is 0 Å². The maximum absolute atomic E-state index is 9.12. The molecule has 1 heterocycles. The Morgan fingerprint density at radius 1 is 1.37 bits per heavy atom. The number of aliphatic hydroxyl groups excluding tert-OH is 1. The standard InChI is InChI=1S/C14H22N2O.2ClH/c1-2-13(10-17)16-9-11-5-6-14-12(8-11)4-3-7-15-14;;/h5-6,8,13,15-17H,2-4,7,9-10H2,1H3;2*1H. The van der Waals surface area contributed by atoms with Gasteiger partial charge in [-0.25, -0.2) is 0 Å². The summed E-state index contributed by atoms with van der Waals surface area (Å²) in [5, 5.41) is 15.9. The predicted octanol–water partition coefficient (Wildman–Crippen LogP) is 2.75. The Labute approximate surface area is 128 Å². The molecule has 1 aliphatic heterocycles. The van der Waals surface area contributed by atoms with E-state index in [-0.39, 0.29) is 37.5 Å². The summed E-state index contributed by atoms with van der Waals surface area (Å²) in [6.07, 6.45) is 3.36. The highest BCUT2D eigenvalue weighted by Crippen LogP contribution is 2.22. The van der Waals surface area contributed by atoms with Gasteiger partial charge in [0, 0.05) is 24.8 Å². The van der Waals surface area contributed by atoms with Crippen molar-refractivity contribution in [3.05, 3.63) is 29.3 Å². The monoisotopic (exact) mass is 306 g/mol. The second kappa shape index (κ2) is 9.43. The summed E-state index contributed by atoms with van der Waals surface area (Å²) in [4.78, 5) is 0. The van der Waals surface area contributed by atoms with E-state index in [1.54, 1.807) is 0 Å². The summed E-state index contributed by atoms with van der Waals surface area (Å²) in [5.74, 6) is 0. The summed E-state index contributed by atoms with van der Waals surface area (Å²) in [5.41, 5.74) is 4.01. The van der Waals surface area contributed by atoms with Crippen molar-refractivity contribution in [2.24, 2.45) is 0 Å². The zero-order valence-electron chi connectivity index (χ0n) is 11.3. The van der Waals surface area contributed by atoms with Gasteiger partial charge < -0.3 is 15.7 Å². The molecule has 1 aromatic rings. The van der Waals surface area contributed by atoms with Crippen molar-refractivity contribution in [3.63, 3.8) is 0 Å². The highest BCUT2D eigenvalue weighted by atomic mass is 35.5. The largest absolute Gasteiger partial charge is 0.395 e. The molecule has 1 atom stereocenters. The third-order valence-corrected chi connectivity index (χ3v) is 3.42. The Bertz CT molecular complexity index is 370. The molecule has 0 amide bonds. The second-order valence-electron chi connectivity index (χ2n) is 4.69. The first-order valence-corrected chi connectivity index (χ1v) is 6.53. The molecule has 0 saturated carbocycles. The third-order valence-electron chi connectivity index (χ3n) is 3.42.